The summed E-state index contributed by atoms with van der Waals surface area (Å²) in [6, 6.07) is 10.9. The second kappa shape index (κ2) is 9.07. The average molecular weight is 474 g/mol. The van der Waals surface area contributed by atoms with Gasteiger partial charge in [-0.3, -0.25) is 0 Å². The van der Waals surface area contributed by atoms with Crippen molar-refractivity contribution in [3.8, 4) is 22.7 Å². The molecule has 0 saturated carbocycles. The fourth-order valence-electron chi connectivity index (χ4n) is 4.36. The van der Waals surface area contributed by atoms with Crippen molar-refractivity contribution in [2.75, 3.05) is 27.2 Å². The summed E-state index contributed by atoms with van der Waals surface area (Å²) in [6.07, 6.45) is 1.86. The summed E-state index contributed by atoms with van der Waals surface area (Å²) in [5.41, 5.74) is 6.06. The minimum absolute atomic E-state index is 0.352. The van der Waals surface area contributed by atoms with Gasteiger partial charge >= 0.3 is 0 Å². The van der Waals surface area contributed by atoms with Crippen LogP contribution >= 0.6 is 0 Å². The van der Waals surface area contributed by atoms with Crippen LogP contribution in [0.2, 0.25) is 0 Å². The molecule has 0 spiro atoms. The van der Waals surface area contributed by atoms with Crippen molar-refractivity contribution in [1.29, 1.82) is 0 Å². The van der Waals surface area contributed by atoms with Crippen molar-refractivity contribution in [1.82, 2.24) is 34.4 Å². The van der Waals surface area contributed by atoms with E-state index < -0.39 is 5.82 Å². The minimum Gasteiger partial charge on any atom is -0.494 e. The maximum Gasteiger partial charge on any atom is 0.152 e. The number of fused-ring (bicyclic) bond motifs is 2. The lowest BCUT2D eigenvalue weighted by molar-refractivity contribution is 0.338. The molecular formula is C26H28FN7O. The van der Waals surface area contributed by atoms with Gasteiger partial charge in [0.05, 0.1) is 35.4 Å². The first-order valence-electron chi connectivity index (χ1n) is 11.6. The number of aromatic nitrogens is 6. The summed E-state index contributed by atoms with van der Waals surface area (Å²) in [5.74, 6) is 0.0840. The molecule has 0 saturated heterocycles. The second-order valence-corrected chi connectivity index (χ2v) is 8.85. The Labute approximate surface area is 203 Å². The summed E-state index contributed by atoms with van der Waals surface area (Å²) < 4.78 is 24.2. The Bertz CT molecular complexity index is 1540. The fourth-order valence-corrected chi connectivity index (χ4v) is 4.36. The van der Waals surface area contributed by atoms with E-state index in [2.05, 4.69) is 44.8 Å². The molecule has 0 aliphatic heterocycles. The first-order chi connectivity index (χ1) is 16.9. The van der Waals surface area contributed by atoms with Crippen molar-refractivity contribution in [2.45, 2.75) is 27.3 Å². The van der Waals surface area contributed by atoms with Crippen LogP contribution in [0.3, 0.4) is 0 Å². The molecule has 0 atom stereocenters. The predicted molar refractivity (Wildman–Crippen MR) is 135 cm³/mol. The topological polar surface area (TPSA) is 73.9 Å². The van der Waals surface area contributed by atoms with Crippen LogP contribution in [-0.4, -0.2) is 61.7 Å². The molecule has 8 nitrogen and oxygen atoms in total. The Hall–Kier alpha value is -3.85. The maximum atomic E-state index is 15.0. The summed E-state index contributed by atoms with van der Waals surface area (Å²) >= 11 is 0. The molecule has 0 fully saturated rings. The van der Waals surface area contributed by atoms with Crippen LogP contribution in [0.1, 0.15) is 18.3 Å². The van der Waals surface area contributed by atoms with E-state index in [9.17, 15) is 0 Å². The molecule has 0 unspecified atom stereocenters. The SMILES string of the molecule is CCOc1ccc(-n2nc3c(-c4ccc5ncn(CCN(C)C)c5c4)nnc(C)c3c2C)c(F)c1. The number of aryl methyl sites for hydroxylation is 2. The van der Waals surface area contributed by atoms with E-state index in [1.54, 1.807) is 16.8 Å². The van der Waals surface area contributed by atoms with Crippen molar-refractivity contribution in [2.24, 2.45) is 0 Å². The summed E-state index contributed by atoms with van der Waals surface area (Å²) in [5, 5.41) is 14.6. The first kappa shape index (κ1) is 22.9. The average Bonchev–Trinajstić information content (AvgIpc) is 3.39. The second-order valence-electron chi connectivity index (χ2n) is 8.85. The molecule has 180 valence electrons. The molecule has 0 amide bonds. The number of imidazole rings is 1. The quantitative estimate of drug-likeness (QED) is 0.345. The van der Waals surface area contributed by atoms with Gasteiger partial charge in [0.2, 0.25) is 0 Å². The monoisotopic (exact) mass is 473 g/mol. The number of hydrogen-bond acceptors (Lipinski definition) is 6. The summed E-state index contributed by atoms with van der Waals surface area (Å²) in [4.78, 5) is 6.67. The van der Waals surface area contributed by atoms with Crippen LogP contribution in [0.5, 0.6) is 5.75 Å². The van der Waals surface area contributed by atoms with Crippen LogP contribution in [-0.2, 0) is 6.54 Å². The standard InChI is InChI=1S/C26H28FN7O/c1-6-35-19-8-10-22(20(27)14-19)34-17(3)24-16(2)29-30-25(26(24)31-34)18-7-9-21-23(13-18)33(15-28-21)12-11-32(4)5/h7-10,13-15H,6,11-12H2,1-5H3. The van der Waals surface area contributed by atoms with E-state index in [1.165, 1.54) is 6.07 Å². The van der Waals surface area contributed by atoms with Gasteiger partial charge in [-0.25, -0.2) is 14.1 Å². The molecule has 0 N–H and O–H groups in total. The number of halogens is 1. The highest BCUT2D eigenvalue weighted by Crippen LogP contribution is 2.32. The summed E-state index contributed by atoms with van der Waals surface area (Å²) in [7, 11) is 4.10. The third-order valence-electron chi connectivity index (χ3n) is 6.14. The van der Waals surface area contributed by atoms with E-state index in [0.29, 0.717) is 29.3 Å². The molecule has 0 aliphatic carbocycles. The lowest BCUT2D eigenvalue weighted by atomic mass is 10.1. The van der Waals surface area contributed by atoms with Gasteiger partial charge < -0.3 is 14.2 Å². The summed E-state index contributed by atoms with van der Waals surface area (Å²) in [6.45, 7) is 7.89. The Morgan fingerprint density at radius 1 is 1.06 bits per heavy atom. The Morgan fingerprint density at radius 3 is 2.63 bits per heavy atom. The van der Waals surface area contributed by atoms with E-state index in [1.807, 2.05) is 39.2 Å². The predicted octanol–water partition coefficient (Wildman–Crippen LogP) is 4.55. The van der Waals surface area contributed by atoms with Crippen molar-refractivity contribution in [3.05, 3.63) is 59.9 Å². The van der Waals surface area contributed by atoms with Crippen molar-refractivity contribution < 1.29 is 9.13 Å². The molecular weight excluding hydrogens is 445 g/mol. The fraction of sp³-hybridized carbons (Fsp3) is 0.308. The molecule has 2 aromatic carbocycles. The minimum atomic E-state index is -0.404. The van der Waals surface area contributed by atoms with Crippen LogP contribution in [0.4, 0.5) is 4.39 Å². The lowest BCUT2D eigenvalue weighted by Crippen LogP contribution is -2.17. The third-order valence-corrected chi connectivity index (χ3v) is 6.14. The van der Waals surface area contributed by atoms with Gasteiger partial charge in [-0.05, 0) is 59.1 Å². The molecule has 0 bridgehead atoms. The van der Waals surface area contributed by atoms with Gasteiger partial charge in [0.15, 0.2) is 5.82 Å². The van der Waals surface area contributed by atoms with E-state index >= 15 is 4.39 Å². The van der Waals surface area contributed by atoms with Crippen LogP contribution < -0.4 is 4.74 Å². The molecule has 3 aromatic heterocycles. The number of hydrogen-bond donors (Lipinski definition) is 0. The number of ether oxygens (including phenoxy) is 1. The van der Waals surface area contributed by atoms with E-state index in [4.69, 9.17) is 9.84 Å². The van der Waals surface area contributed by atoms with Gasteiger partial charge in [0.1, 0.15) is 22.6 Å². The Balaban J connectivity index is 1.64. The number of rotatable bonds is 7. The lowest BCUT2D eigenvalue weighted by Gasteiger charge is -2.11. The highest BCUT2D eigenvalue weighted by Gasteiger charge is 2.20. The number of benzene rings is 2. The molecule has 0 radical (unpaired) electrons. The van der Waals surface area contributed by atoms with Gasteiger partial charge in [0.25, 0.3) is 0 Å². The zero-order chi connectivity index (χ0) is 24.7. The number of likely N-dealkylation sites (N-methyl/N-ethyl adjacent to an activating group) is 1. The normalized spacial score (nSPS) is 11.7. The zero-order valence-electron chi connectivity index (χ0n) is 20.6. The molecule has 9 heteroatoms. The van der Waals surface area contributed by atoms with Crippen molar-refractivity contribution >= 4 is 21.9 Å². The highest BCUT2D eigenvalue weighted by molar-refractivity contribution is 5.96. The van der Waals surface area contributed by atoms with Crippen LogP contribution in [0, 0.1) is 19.7 Å². The number of nitrogens with zero attached hydrogens (tertiary/aromatic N) is 7. The molecule has 35 heavy (non-hydrogen) atoms. The van der Waals surface area contributed by atoms with E-state index in [-0.39, 0.29) is 0 Å². The van der Waals surface area contributed by atoms with Gasteiger partial charge in [0, 0.05) is 30.1 Å². The maximum absolute atomic E-state index is 15.0. The Morgan fingerprint density at radius 2 is 1.89 bits per heavy atom. The molecule has 0 aliphatic rings. The van der Waals surface area contributed by atoms with Crippen molar-refractivity contribution in [3.63, 3.8) is 0 Å². The zero-order valence-corrected chi connectivity index (χ0v) is 20.6. The van der Waals surface area contributed by atoms with E-state index in [0.717, 1.165) is 46.5 Å². The van der Waals surface area contributed by atoms with Crippen LogP contribution in [0.15, 0.2) is 42.7 Å². The first-order valence-corrected chi connectivity index (χ1v) is 11.6. The molecule has 5 aromatic rings. The van der Waals surface area contributed by atoms with Crippen LogP contribution in [0.25, 0.3) is 38.9 Å². The third kappa shape index (κ3) is 4.12. The highest BCUT2D eigenvalue weighted by atomic mass is 19.1. The van der Waals surface area contributed by atoms with Gasteiger partial charge in [-0.1, -0.05) is 6.07 Å². The molecule has 3 heterocycles. The Kier molecular flexibility index (Phi) is 5.94. The van der Waals surface area contributed by atoms with Gasteiger partial charge in [-0.15, -0.1) is 5.10 Å². The van der Waals surface area contributed by atoms with Gasteiger partial charge in [-0.2, -0.15) is 10.2 Å². The molecule has 5 rings (SSSR count). The largest absolute Gasteiger partial charge is 0.494 e. The smallest absolute Gasteiger partial charge is 0.152 e.